The first kappa shape index (κ1) is 11.7. The van der Waals surface area contributed by atoms with E-state index in [4.69, 9.17) is 5.73 Å². The maximum absolute atomic E-state index is 14.9. The minimum absolute atomic E-state index is 0.0197. The lowest BCUT2D eigenvalue weighted by Gasteiger charge is -2.25. The van der Waals surface area contributed by atoms with Crippen molar-refractivity contribution in [3.8, 4) is 0 Å². The number of alkyl halides is 1. The van der Waals surface area contributed by atoms with Gasteiger partial charge in [0.05, 0.1) is 0 Å². The highest BCUT2D eigenvalue weighted by Gasteiger charge is 2.34. The largest absolute Gasteiger partial charge is 0.327 e. The van der Waals surface area contributed by atoms with Crippen LogP contribution in [-0.2, 0) is 5.67 Å². The molecule has 88 valence electrons. The summed E-state index contributed by atoms with van der Waals surface area (Å²) >= 11 is 0. The Morgan fingerprint density at radius 1 is 0.941 bits per heavy atom. The van der Waals surface area contributed by atoms with E-state index in [9.17, 15) is 8.78 Å². The van der Waals surface area contributed by atoms with Gasteiger partial charge in [0.1, 0.15) is 5.82 Å². The summed E-state index contributed by atoms with van der Waals surface area (Å²) in [5.74, 6) is -0.579. The standard InChI is InChI=1S/C14H13F2N/c15-13-9-5-4-8-12(13)14(16,10-17)11-6-2-1-3-7-11/h1-9H,10,17H2. The summed E-state index contributed by atoms with van der Waals surface area (Å²) in [4.78, 5) is 0. The molecule has 3 heteroatoms. The monoisotopic (exact) mass is 233 g/mol. The zero-order chi connectivity index (χ0) is 12.3. The molecular formula is C14H13F2N. The lowest BCUT2D eigenvalue weighted by atomic mass is 9.88. The van der Waals surface area contributed by atoms with Crippen molar-refractivity contribution in [2.75, 3.05) is 6.54 Å². The van der Waals surface area contributed by atoms with Gasteiger partial charge in [0.15, 0.2) is 5.67 Å². The van der Waals surface area contributed by atoms with Crippen molar-refractivity contribution >= 4 is 0 Å². The van der Waals surface area contributed by atoms with E-state index in [1.807, 2.05) is 0 Å². The van der Waals surface area contributed by atoms with Gasteiger partial charge in [0, 0.05) is 12.1 Å². The van der Waals surface area contributed by atoms with Gasteiger partial charge in [0.25, 0.3) is 0 Å². The number of hydrogen-bond acceptors (Lipinski definition) is 1. The van der Waals surface area contributed by atoms with E-state index in [2.05, 4.69) is 0 Å². The highest BCUT2D eigenvalue weighted by Crippen LogP contribution is 2.34. The molecule has 1 nitrogen and oxygen atoms in total. The van der Waals surface area contributed by atoms with E-state index in [0.717, 1.165) is 0 Å². The maximum Gasteiger partial charge on any atom is 0.175 e. The van der Waals surface area contributed by atoms with Crippen molar-refractivity contribution in [2.24, 2.45) is 5.73 Å². The van der Waals surface area contributed by atoms with Gasteiger partial charge in [-0.2, -0.15) is 0 Å². The number of hydrogen-bond donors (Lipinski definition) is 1. The molecule has 0 amide bonds. The summed E-state index contributed by atoms with van der Waals surface area (Å²) in [7, 11) is 0. The van der Waals surface area contributed by atoms with E-state index < -0.39 is 11.5 Å². The molecule has 2 aromatic rings. The van der Waals surface area contributed by atoms with E-state index in [1.54, 1.807) is 36.4 Å². The molecule has 0 saturated heterocycles. The molecule has 0 radical (unpaired) electrons. The smallest absolute Gasteiger partial charge is 0.175 e. The Kier molecular flexibility index (Phi) is 3.20. The molecule has 0 heterocycles. The van der Waals surface area contributed by atoms with Crippen LogP contribution in [0, 0.1) is 5.82 Å². The van der Waals surface area contributed by atoms with Crippen LogP contribution in [0.2, 0.25) is 0 Å². The molecule has 0 saturated carbocycles. The van der Waals surface area contributed by atoms with Crippen molar-refractivity contribution in [2.45, 2.75) is 5.67 Å². The molecule has 0 fully saturated rings. The molecule has 2 N–H and O–H groups in total. The predicted molar refractivity (Wildman–Crippen MR) is 63.8 cm³/mol. The van der Waals surface area contributed by atoms with Crippen molar-refractivity contribution in [1.82, 2.24) is 0 Å². The maximum atomic E-state index is 14.9. The molecule has 2 rings (SSSR count). The summed E-state index contributed by atoms with van der Waals surface area (Å²) in [5, 5.41) is 0. The SMILES string of the molecule is NCC(F)(c1ccccc1)c1ccccc1F. The fourth-order valence-corrected chi connectivity index (χ4v) is 1.87. The van der Waals surface area contributed by atoms with Gasteiger partial charge >= 0.3 is 0 Å². The Balaban J connectivity index is 2.56. The number of nitrogens with two attached hydrogens (primary N) is 1. The summed E-state index contributed by atoms with van der Waals surface area (Å²) < 4.78 is 28.5. The molecule has 0 aliphatic carbocycles. The van der Waals surface area contributed by atoms with E-state index in [-0.39, 0.29) is 12.1 Å². The van der Waals surface area contributed by atoms with E-state index >= 15 is 0 Å². The third-order valence-electron chi connectivity index (χ3n) is 2.81. The van der Waals surface area contributed by atoms with Crippen molar-refractivity contribution in [1.29, 1.82) is 0 Å². The first-order valence-electron chi connectivity index (χ1n) is 5.38. The third-order valence-corrected chi connectivity index (χ3v) is 2.81. The molecule has 1 atom stereocenters. The normalized spacial score (nSPS) is 14.3. The van der Waals surface area contributed by atoms with Gasteiger partial charge in [0.2, 0.25) is 0 Å². The molecule has 17 heavy (non-hydrogen) atoms. The molecular weight excluding hydrogens is 220 g/mol. The van der Waals surface area contributed by atoms with Gasteiger partial charge in [-0.15, -0.1) is 0 Å². The Bertz CT molecular complexity index is 499. The second-order valence-corrected chi connectivity index (χ2v) is 3.85. The lowest BCUT2D eigenvalue weighted by Crippen LogP contribution is -2.32. The van der Waals surface area contributed by atoms with Crippen LogP contribution in [0.4, 0.5) is 8.78 Å². The summed E-state index contributed by atoms with van der Waals surface area (Å²) in [6.07, 6.45) is 0. The van der Waals surface area contributed by atoms with Crippen molar-refractivity contribution in [3.63, 3.8) is 0 Å². The summed E-state index contributed by atoms with van der Waals surface area (Å²) in [6, 6.07) is 14.2. The quantitative estimate of drug-likeness (QED) is 0.866. The van der Waals surface area contributed by atoms with Crippen LogP contribution in [0.15, 0.2) is 54.6 Å². The first-order valence-corrected chi connectivity index (χ1v) is 5.38. The van der Waals surface area contributed by atoms with E-state index in [0.29, 0.717) is 5.56 Å². The van der Waals surface area contributed by atoms with E-state index in [1.165, 1.54) is 18.2 Å². The van der Waals surface area contributed by atoms with Crippen molar-refractivity contribution in [3.05, 3.63) is 71.5 Å². The minimum atomic E-state index is -1.98. The van der Waals surface area contributed by atoms with Gasteiger partial charge in [-0.05, 0) is 11.6 Å². The fraction of sp³-hybridized carbons (Fsp3) is 0.143. The first-order chi connectivity index (χ1) is 8.18. The number of halogens is 2. The second kappa shape index (κ2) is 4.63. The Morgan fingerprint density at radius 3 is 2.12 bits per heavy atom. The van der Waals surface area contributed by atoms with Gasteiger partial charge in [-0.25, -0.2) is 8.78 Å². The Labute approximate surface area is 98.9 Å². The van der Waals surface area contributed by atoms with Crippen molar-refractivity contribution < 1.29 is 8.78 Å². The van der Waals surface area contributed by atoms with Gasteiger partial charge < -0.3 is 5.73 Å². The van der Waals surface area contributed by atoms with Crippen LogP contribution in [0.5, 0.6) is 0 Å². The summed E-state index contributed by atoms with van der Waals surface area (Å²) in [5.41, 5.74) is 3.87. The van der Waals surface area contributed by atoms with Crippen LogP contribution >= 0.6 is 0 Å². The van der Waals surface area contributed by atoms with Gasteiger partial charge in [-0.3, -0.25) is 0 Å². The average molecular weight is 233 g/mol. The molecule has 0 aliphatic heterocycles. The van der Waals surface area contributed by atoms with Crippen LogP contribution in [0.3, 0.4) is 0 Å². The second-order valence-electron chi connectivity index (χ2n) is 3.85. The lowest BCUT2D eigenvalue weighted by molar-refractivity contribution is 0.225. The zero-order valence-corrected chi connectivity index (χ0v) is 9.24. The fourth-order valence-electron chi connectivity index (χ4n) is 1.87. The molecule has 0 bridgehead atoms. The number of benzene rings is 2. The number of rotatable bonds is 3. The zero-order valence-electron chi connectivity index (χ0n) is 9.24. The summed E-state index contributed by atoms with van der Waals surface area (Å²) in [6.45, 7) is -0.294. The van der Waals surface area contributed by atoms with Gasteiger partial charge in [-0.1, -0.05) is 48.5 Å². The minimum Gasteiger partial charge on any atom is -0.327 e. The molecule has 2 aromatic carbocycles. The molecule has 1 unspecified atom stereocenters. The molecule has 0 aliphatic rings. The topological polar surface area (TPSA) is 26.0 Å². The van der Waals surface area contributed by atoms with Crippen LogP contribution in [0.1, 0.15) is 11.1 Å². The molecule has 0 spiro atoms. The highest BCUT2D eigenvalue weighted by molar-refractivity contribution is 5.37. The van der Waals surface area contributed by atoms with Crippen LogP contribution in [0.25, 0.3) is 0 Å². The third kappa shape index (κ3) is 2.06. The highest BCUT2D eigenvalue weighted by atomic mass is 19.1. The Hall–Kier alpha value is -1.74. The predicted octanol–water partition coefficient (Wildman–Crippen LogP) is 3.00. The average Bonchev–Trinajstić information content (AvgIpc) is 2.39. The van der Waals surface area contributed by atoms with Crippen LogP contribution < -0.4 is 5.73 Å². The Morgan fingerprint density at radius 2 is 1.53 bits per heavy atom. The van der Waals surface area contributed by atoms with Crippen LogP contribution in [-0.4, -0.2) is 6.54 Å². The molecule has 0 aromatic heterocycles.